The van der Waals surface area contributed by atoms with Gasteiger partial charge in [0, 0.05) is 18.9 Å². The molecule has 0 amide bonds. The van der Waals surface area contributed by atoms with Gasteiger partial charge in [-0.3, -0.25) is 14.3 Å². The van der Waals surface area contributed by atoms with Crippen LogP contribution in [0.15, 0.2) is 15.8 Å². The minimum absolute atomic E-state index is 0.188. The number of ether oxygens (including phenoxy) is 3. The van der Waals surface area contributed by atoms with Gasteiger partial charge in [-0.15, -0.1) is 0 Å². The first-order valence-electron chi connectivity index (χ1n) is 6.86. The molecule has 1 fully saturated rings. The summed E-state index contributed by atoms with van der Waals surface area (Å²) < 4.78 is 17.0. The van der Waals surface area contributed by atoms with Crippen LogP contribution in [0.1, 0.15) is 11.8 Å². The number of H-pyrrole nitrogens is 1. The van der Waals surface area contributed by atoms with Crippen LogP contribution in [0.5, 0.6) is 0 Å². The molecule has 0 aromatic carbocycles. The van der Waals surface area contributed by atoms with Crippen LogP contribution >= 0.6 is 0 Å². The number of nitrogens with one attached hydrogen (secondary N) is 1. The summed E-state index contributed by atoms with van der Waals surface area (Å²) in [6, 6.07) is 0. The normalized spacial score (nSPS) is 28.2. The lowest BCUT2D eigenvalue weighted by molar-refractivity contribution is -0.0820. The molecule has 2 rings (SSSR count). The summed E-state index contributed by atoms with van der Waals surface area (Å²) in [5.74, 6) is 0. The van der Waals surface area contributed by atoms with Crippen molar-refractivity contribution in [3.8, 4) is 0 Å². The third-order valence-corrected chi connectivity index (χ3v) is 3.51. The molecular formula is C13H20N2O7. The molecule has 9 heteroatoms. The largest absolute Gasteiger partial charge is 0.394 e. The highest BCUT2D eigenvalue weighted by Gasteiger charge is 2.45. The summed E-state index contributed by atoms with van der Waals surface area (Å²) in [6.45, 7) is 1.62. The molecule has 0 bridgehead atoms. The number of hydrogen-bond acceptors (Lipinski definition) is 7. The van der Waals surface area contributed by atoms with E-state index >= 15 is 0 Å². The molecule has 4 atom stereocenters. The van der Waals surface area contributed by atoms with Crippen molar-refractivity contribution in [2.45, 2.75) is 31.5 Å². The first kappa shape index (κ1) is 16.8. The highest BCUT2D eigenvalue weighted by molar-refractivity contribution is 5.03. The average Bonchev–Trinajstić information content (AvgIpc) is 2.80. The van der Waals surface area contributed by atoms with E-state index in [0.29, 0.717) is 12.2 Å². The summed E-state index contributed by atoms with van der Waals surface area (Å²) in [7, 11) is 1.51. The minimum Gasteiger partial charge on any atom is -0.394 e. The number of aliphatic hydroxyl groups excluding tert-OH is 2. The monoisotopic (exact) mass is 316 g/mol. The number of aryl methyl sites for hydroxylation is 1. The van der Waals surface area contributed by atoms with Crippen LogP contribution in [0.25, 0.3) is 0 Å². The van der Waals surface area contributed by atoms with E-state index in [4.69, 9.17) is 14.2 Å². The van der Waals surface area contributed by atoms with Crippen LogP contribution in [0.3, 0.4) is 0 Å². The molecule has 0 radical (unpaired) electrons. The summed E-state index contributed by atoms with van der Waals surface area (Å²) >= 11 is 0. The number of hydrogen-bond donors (Lipinski definition) is 3. The van der Waals surface area contributed by atoms with Gasteiger partial charge in [0.15, 0.2) is 6.23 Å². The number of methoxy groups -OCH3 is 1. The van der Waals surface area contributed by atoms with E-state index in [0.717, 1.165) is 4.57 Å². The van der Waals surface area contributed by atoms with E-state index in [1.165, 1.54) is 13.3 Å². The lowest BCUT2D eigenvalue weighted by Crippen LogP contribution is -2.40. The van der Waals surface area contributed by atoms with E-state index in [1.54, 1.807) is 6.92 Å². The minimum atomic E-state index is -1.11. The maximum absolute atomic E-state index is 12.0. The maximum atomic E-state index is 12.0. The second-order valence-corrected chi connectivity index (χ2v) is 5.05. The number of aromatic amines is 1. The number of aromatic nitrogens is 2. The van der Waals surface area contributed by atoms with Gasteiger partial charge in [0.25, 0.3) is 5.56 Å². The van der Waals surface area contributed by atoms with Crippen molar-refractivity contribution in [1.29, 1.82) is 0 Å². The van der Waals surface area contributed by atoms with Gasteiger partial charge < -0.3 is 24.4 Å². The van der Waals surface area contributed by atoms with Gasteiger partial charge in [-0.05, 0) is 6.92 Å². The Balaban J connectivity index is 2.31. The molecular weight excluding hydrogens is 296 g/mol. The summed E-state index contributed by atoms with van der Waals surface area (Å²) in [5.41, 5.74) is -0.845. The third-order valence-electron chi connectivity index (χ3n) is 3.51. The summed E-state index contributed by atoms with van der Waals surface area (Å²) in [4.78, 5) is 25.6. The lowest BCUT2D eigenvalue weighted by Gasteiger charge is -2.22. The smallest absolute Gasteiger partial charge is 0.330 e. The van der Waals surface area contributed by atoms with Gasteiger partial charge in [0.2, 0.25) is 0 Å². The molecule has 9 nitrogen and oxygen atoms in total. The molecule has 124 valence electrons. The van der Waals surface area contributed by atoms with E-state index in [1.807, 2.05) is 0 Å². The zero-order chi connectivity index (χ0) is 16.3. The molecule has 22 heavy (non-hydrogen) atoms. The van der Waals surface area contributed by atoms with Gasteiger partial charge >= 0.3 is 5.69 Å². The molecule has 1 aromatic rings. The standard InChI is InChI=1S/C13H20N2O7/c1-7-5-15(13(19)14-11(7)18)12-10(21-4-3-20-2)9(17)8(6-16)22-12/h5,8-10,12,16-17H,3-4,6H2,1-2H3,(H,14,18,19)/t8?,9-,10?,12?/m0/s1. The van der Waals surface area contributed by atoms with E-state index in [9.17, 15) is 19.8 Å². The van der Waals surface area contributed by atoms with Crippen LogP contribution in [0.4, 0.5) is 0 Å². The molecule has 1 saturated heterocycles. The molecule has 0 spiro atoms. The zero-order valence-corrected chi connectivity index (χ0v) is 12.4. The predicted octanol–water partition coefficient (Wildman–Crippen LogP) is -1.87. The van der Waals surface area contributed by atoms with E-state index in [2.05, 4.69) is 4.98 Å². The first-order chi connectivity index (χ1) is 10.5. The van der Waals surface area contributed by atoms with Gasteiger partial charge in [0.05, 0.1) is 19.8 Å². The molecule has 0 aliphatic carbocycles. The Bertz CT molecular complexity index is 611. The van der Waals surface area contributed by atoms with Gasteiger partial charge in [-0.25, -0.2) is 4.79 Å². The fourth-order valence-corrected chi connectivity index (χ4v) is 2.32. The Morgan fingerprint density at radius 1 is 1.41 bits per heavy atom. The zero-order valence-electron chi connectivity index (χ0n) is 12.4. The molecule has 3 N–H and O–H groups in total. The highest BCUT2D eigenvalue weighted by Crippen LogP contribution is 2.30. The van der Waals surface area contributed by atoms with Crippen molar-refractivity contribution in [2.75, 3.05) is 26.9 Å². The van der Waals surface area contributed by atoms with Crippen molar-refractivity contribution in [3.05, 3.63) is 32.6 Å². The first-order valence-corrected chi connectivity index (χ1v) is 6.86. The van der Waals surface area contributed by atoms with Crippen molar-refractivity contribution in [2.24, 2.45) is 0 Å². The Kier molecular flexibility index (Phi) is 5.48. The third kappa shape index (κ3) is 3.28. The fourth-order valence-electron chi connectivity index (χ4n) is 2.32. The van der Waals surface area contributed by atoms with Crippen LogP contribution in [0.2, 0.25) is 0 Å². The van der Waals surface area contributed by atoms with Crippen LogP contribution in [-0.2, 0) is 14.2 Å². The van der Waals surface area contributed by atoms with Crippen molar-refractivity contribution < 1.29 is 24.4 Å². The van der Waals surface area contributed by atoms with Crippen molar-refractivity contribution in [3.63, 3.8) is 0 Å². The van der Waals surface area contributed by atoms with Crippen LogP contribution in [0, 0.1) is 6.92 Å². The second kappa shape index (κ2) is 7.16. The molecule has 3 unspecified atom stereocenters. The van der Waals surface area contributed by atoms with Crippen molar-refractivity contribution >= 4 is 0 Å². The quantitative estimate of drug-likeness (QED) is 0.525. The molecule has 1 aliphatic heterocycles. The fraction of sp³-hybridized carbons (Fsp3) is 0.692. The maximum Gasteiger partial charge on any atom is 0.330 e. The lowest BCUT2D eigenvalue weighted by atomic mass is 10.1. The average molecular weight is 316 g/mol. The summed E-state index contributed by atoms with van der Waals surface area (Å²) in [5, 5.41) is 19.4. The molecule has 0 saturated carbocycles. The Morgan fingerprint density at radius 3 is 2.77 bits per heavy atom. The van der Waals surface area contributed by atoms with Crippen LogP contribution in [-0.4, -0.2) is 65.0 Å². The Morgan fingerprint density at radius 2 is 2.14 bits per heavy atom. The van der Waals surface area contributed by atoms with Gasteiger partial charge in [-0.1, -0.05) is 0 Å². The number of aliphatic hydroxyl groups is 2. The number of rotatable bonds is 6. The highest BCUT2D eigenvalue weighted by atomic mass is 16.6. The summed E-state index contributed by atoms with van der Waals surface area (Å²) in [6.07, 6.45) is -2.46. The molecule has 1 aromatic heterocycles. The molecule has 1 aliphatic rings. The Labute approximate surface area is 126 Å². The van der Waals surface area contributed by atoms with Crippen LogP contribution < -0.4 is 11.2 Å². The van der Waals surface area contributed by atoms with Crippen molar-refractivity contribution in [1.82, 2.24) is 9.55 Å². The van der Waals surface area contributed by atoms with Gasteiger partial charge in [-0.2, -0.15) is 0 Å². The predicted molar refractivity (Wildman–Crippen MR) is 74.7 cm³/mol. The van der Waals surface area contributed by atoms with E-state index in [-0.39, 0.29) is 6.61 Å². The second-order valence-electron chi connectivity index (χ2n) is 5.05. The SMILES string of the molecule is COCCOC1C(n2cc(C)c(=O)[nH]c2=O)OC(CO)[C@@H]1O. The molecule has 2 heterocycles. The van der Waals surface area contributed by atoms with E-state index < -0.39 is 42.4 Å². The number of nitrogens with zero attached hydrogens (tertiary/aromatic N) is 1. The van der Waals surface area contributed by atoms with Gasteiger partial charge in [0.1, 0.15) is 18.3 Å². The topological polar surface area (TPSA) is 123 Å². The Hall–Kier alpha value is -1.52.